The fraction of sp³-hybridized carbons (Fsp3) is 0.231. The van der Waals surface area contributed by atoms with Gasteiger partial charge in [0, 0.05) is 5.69 Å². The lowest BCUT2D eigenvalue weighted by Crippen LogP contribution is -2.13. The number of nitrogens with one attached hydrogen (secondary N) is 1. The number of benzene rings is 1. The highest BCUT2D eigenvalue weighted by Crippen LogP contribution is 2.14. The molecule has 0 spiro atoms. The van der Waals surface area contributed by atoms with Crippen LogP contribution < -0.4 is 11.1 Å². The van der Waals surface area contributed by atoms with E-state index < -0.39 is 0 Å². The molecule has 3 N–H and O–H groups in total. The summed E-state index contributed by atoms with van der Waals surface area (Å²) in [4.78, 5) is 15.9. The molecular weight excluding hydrogens is 230 g/mol. The summed E-state index contributed by atoms with van der Waals surface area (Å²) in [6.45, 7) is 1.93. The van der Waals surface area contributed by atoms with E-state index in [1.807, 2.05) is 25.1 Å². The second kappa shape index (κ2) is 5.46. The topological polar surface area (TPSA) is 81.1 Å². The van der Waals surface area contributed by atoms with E-state index in [9.17, 15) is 4.79 Å². The largest absolute Gasteiger partial charge is 0.446 e. The number of nitrogens with zero attached hydrogens (tertiary/aromatic N) is 1. The highest BCUT2D eigenvalue weighted by Gasteiger charge is 2.15. The zero-order valence-electron chi connectivity index (χ0n) is 10.1. The number of amides is 1. The smallest absolute Gasteiger partial charge is 0.277 e. The number of hydrogen-bond donors (Lipinski definition) is 2. The SMILES string of the molecule is CCC(N)c1nc(C(=O)Nc2ccccc2)co1. The van der Waals surface area contributed by atoms with Crippen molar-refractivity contribution in [3.8, 4) is 0 Å². The molecule has 1 atom stereocenters. The Kier molecular flexibility index (Phi) is 3.74. The third kappa shape index (κ3) is 2.75. The van der Waals surface area contributed by atoms with Crippen molar-refractivity contribution >= 4 is 11.6 Å². The average Bonchev–Trinajstić information content (AvgIpc) is 2.88. The highest BCUT2D eigenvalue weighted by atomic mass is 16.3. The van der Waals surface area contributed by atoms with Crippen LogP contribution in [-0.4, -0.2) is 10.9 Å². The van der Waals surface area contributed by atoms with Gasteiger partial charge in [-0.05, 0) is 18.6 Å². The van der Waals surface area contributed by atoms with Gasteiger partial charge in [0.1, 0.15) is 6.26 Å². The molecule has 0 aliphatic carbocycles. The van der Waals surface area contributed by atoms with Gasteiger partial charge in [-0.15, -0.1) is 0 Å². The lowest BCUT2D eigenvalue weighted by Gasteiger charge is -2.02. The zero-order valence-corrected chi connectivity index (χ0v) is 10.1. The van der Waals surface area contributed by atoms with Gasteiger partial charge in [-0.3, -0.25) is 4.79 Å². The Bertz CT molecular complexity index is 522. The van der Waals surface area contributed by atoms with E-state index in [-0.39, 0.29) is 17.6 Å². The minimum absolute atomic E-state index is 0.234. The maximum absolute atomic E-state index is 11.9. The first-order valence-corrected chi connectivity index (χ1v) is 5.78. The first kappa shape index (κ1) is 12.3. The number of hydrogen-bond acceptors (Lipinski definition) is 4. The molecule has 0 aliphatic heterocycles. The van der Waals surface area contributed by atoms with Crippen molar-refractivity contribution in [1.29, 1.82) is 0 Å². The molecule has 18 heavy (non-hydrogen) atoms. The molecule has 2 rings (SSSR count). The second-order valence-electron chi connectivity index (χ2n) is 3.91. The number of nitrogens with two attached hydrogens (primary N) is 1. The van der Waals surface area contributed by atoms with Gasteiger partial charge in [-0.1, -0.05) is 25.1 Å². The Labute approximate surface area is 105 Å². The molecule has 0 fully saturated rings. The van der Waals surface area contributed by atoms with E-state index in [4.69, 9.17) is 10.2 Å². The quantitative estimate of drug-likeness (QED) is 0.866. The molecule has 0 radical (unpaired) electrons. The fourth-order valence-corrected chi connectivity index (χ4v) is 1.45. The van der Waals surface area contributed by atoms with E-state index >= 15 is 0 Å². The van der Waals surface area contributed by atoms with Gasteiger partial charge in [-0.2, -0.15) is 0 Å². The zero-order chi connectivity index (χ0) is 13.0. The van der Waals surface area contributed by atoms with E-state index in [0.717, 1.165) is 0 Å². The Hall–Kier alpha value is -2.14. The Morgan fingerprint density at radius 1 is 1.44 bits per heavy atom. The second-order valence-corrected chi connectivity index (χ2v) is 3.91. The first-order chi connectivity index (χ1) is 8.70. The van der Waals surface area contributed by atoms with E-state index in [2.05, 4.69) is 10.3 Å². The predicted molar refractivity (Wildman–Crippen MR) is 68.1 cm³/mol. The van der Waals surface area contributed by atoms with E-state index in [1.54, 1.807) is 12.1 Å². The Morgan fingerprint density at radius 2 is 2.17 bits per heavy atom. The third-order valence-electron chi connectivity index (χ3n) is 2.54. The number of carbonyl (C=O) groups excluding carboxylic acids is 1. The van der Waals surface area contributed by atoms with Crippen molar-refractivity contribution in [2.75, 3.05) is 5.32 Å². The number of carbonyl (C=O) groups is 1. The number of aromatic nitrogens is 1. The first-order valence-electron chi connectivity index (χ1n) is 5.78. The third-order valence-corrected chi connectivity index (χ3v) is 2.54. The maximum atomic E-state index is 11.9. The van der Waals surface area contributed by atoms with Gasteiger partial charge in [0.2, 0.25) is 5.89 Å². The van der Waals surface area contributed by atoms with Gasteiger partial charge in [0.25, 0.3) is 5.91 Å². The summed E-state index contributed by atoms with van der Waals surface area (Å²) >= 11 is 0. The summed E-state index contributed by atoms with van der Waals surface area (Å²) in [5, 5.41) is 2.73. The molecule has 1 amide bonds. The summed E-state index contributed by atoms with van der Waals surface area (Å²) in [5.74, 6) is 0.0789. The van der Waals surface area contributed by atoms with Crippen molar-refractivity contribution in [3.63, 3.8) is 0 Å². The van der Waals surface area contributed by atoms with Crippen LogP contribution in [0.15, 0.2) is 41.0 Å². The standard InChI is InChI=1S/C13H15N3O2/c1-2-10(14)13-16-11(8-18-13)12(17)15-9-6-4-3-5-7-9/h3-8,10H,2,14H2,1H3,(H,15,17). The molecule has 5 heteroatoms. The summed E-state index contributed by atoms with van der Waals surface area (Å²) in [7, 11) is 0. The molecule has 0 aliphatic rings. The van der Waals surface area contributed by atoms with Crippen LogP contribution in [0.3, 0.4) is 0 Å². The number of oxazole rings is 1. The Balaban J connectivity index is 2.08. The molecule has 5 nitrogen and oxygen atoms in total. The lowest BCUT2D eigenvalue weighted by atomic mass is 10.2. The summed E-state index contributed by atoms with van der Waals surface area (Å²) in [5.41, 5.74) is 6.72. The highest BCUT2D eigenvalue weighted by molar-refractivity contribution is 6.02. The van der Waals surface area contributed by atoms with Gasteiger partial charge in [-0.25, -0.2) is 4.98 Å². The van der Waals surface area contributed by atoms with Crippen LogP contribution in [0.4, 0.5) is 5.69 Å². The molecule has 0 bridgehead atoms. The molecule has 1 aromatic carbocycles. The van der Waals surface area contributed by atoms with Crippen LogP contribution in [0.2, 0.25) is 0 Å². The van der Waals surface area contributed by atoms with Crippen molar-refractivity contribution in [2.45, 2.75) is 19.4 Å². The maximum Gasteiger partial charge on any atom is 0.277 e. The van der Waals surface area contributed by atoms with Crippen molar-refractivity contribution in [1.82, 2.24) is 4.98 Å². The van der Waals surface area contributed by atoms with Gasteiger partial charge < -0.3 is 15.5 Å². The molecule has 0 saturated heterocycles. The van der Waals surface area contributed by atoms with Crippen molar-refractivity contribution in [3.05, 3.63) is 48.2 Å². The van der Waals surface area contributed by atoms with Crippen LogP contribution in [0.1, 0.15) is 35.8 Å². The fourth-order valence-electron chi connectivity index (χ4n) is 1.45. The predicted octanol–water partition coefficient (Wildman–Crippen LogP) is 2.34. The molecule has 1 aromatic heterocycles. The molecular formula is C13H15N3O2. The van der Waals surface area contributed by atoms with Crippen LogP contribution in [-0.2, 0) is 0 Å². The minimum Gasteiger partial charge on any atom is -0.446 e. The van der Waals surface area contributed by atoms with Crippen LogP contribution >= 0.6 is 0 Å². The number of anilines is 1. The minimum atomic E-state index is -0.306. The normalized spacial score (nSPS) is 12.1. The van der Waals surface area contributed by atoms with Crippen molar-refractivity contribution in [2.24, 2.45) is 5.73 Å². The molecule has 0 saturated carbocycles. The van der Waals surface area contributed by atoms with Crippen LogP contribution in [0, 0.1) is 0 Å². The van der Waals surface area contributed by atoms with Crippen LogP contribution in [0.25, 0.3) is 0 Å². The monoisotopic (exact) mass is 245 g/mol. The van der Waals surface area contributed by atoms with E-state index in [0.29, 0.717) is 18.0 Å². The molecule has 94 valence electrons. The average molecular weight is 245 g/mol. The molecule has 1 unspecified atom stereocenters. The Morgan fingerprint density at radius 3 is 2.83 bits per heavy atom. The van der Waals surface area contributed by atoms with Crippen molar-refractivity contribution < 1.29 is 9.21 Å². The van der Waals surface area contributed by atoms with Gasteiger partial charge in [0.15, 0.2) is 5.69 Å². The summed E-state index contributed by atoms with van der Waals surface area (Å²) < 4.78 is 5.18. The van der Waals surface area contributed by atoms with Gasteiger partial charge >= 0.3 is 0 Å². The molecule has 2 aromatic rings. The van der Waals surface area contributed by atoms with Crippen LogP contribution in [0.5, 0.6) is 0 Å². The lowest BCUT2D eigenvalue weighted by molar-refractivity contribution is 0.102. The summed E-state index contributed by atoms with van der Waals surface area (Å²) in [6.07, 6.45) is 2.03. The summed E-state index contributed by atoms with van der Waals surface area (Å²) in [6, 6.07) is 8.90. The number of rotatable bonds is 4. The van der Waals surface area contributed by atoms with Gasteiger partial charge in [0.05, 0.1) is 6.04 Å². The molecule has 1 heterocycles. The number of para-hydroxylation sites is 1. The van der Waals surface area contributed by atoms with E-state index in [1.165, 1.54) is 6.26 Å².